The van der Waals surface area contributed by atoms with Crippen molar-refractivity contribution in [2.75, 3.05) is 6.54 Å². The molecule has 0 spiro atoms. The van der Waals surface area contributed by atoms with Gasteiger partial charge >= 0.3 is 0 Å². The molecular weight excluding hydrogens is 329 g/mol. The maximum atomic E-state index is 13.2. The van der Waals surface area contributed by atoms with Crippen LogP contribution in [0.15, 0.2) is 48.5 Å². The molecule has 0 saturated heterocycles. The summed E-state index contributed by atoms with van der Waals surface area (Å²) in [5, 5.41) is 4.52. The number of hydrogen-bond donors (Lipinski definition) is 0. The summed E-state index contributed by atoms with van der Waals surface area (Å²) in [6, 6.07) is 14.4. The van der Waals surface area contributed by atoms with Crippen LogP contribution in [0.5, 0.6) is 0 Å². The first kappa shape index (κ1) is 16.5. The van der Waals surface area contributed by atoms with Crippen LogP contribution in [0.25, 0.3) is 5.69 Å². The molecule has 26 heavy (non-hydrogen) atoms. The van der Waals surface area contributed by atoms with Crippen LogP contribution in [0, 0.1) is 19.7 Å². The van der Waals surface area contributed by atoms with Gasteiger partial charge in [-0.2, -0.15) is 5.10 Å². The smallest absolute Gasteiger partial charge is 0.257 e. The number of nitrogens with zero attached hydrogens (tertiary/aromatic N) is 3. The summed E-state index contributed by atoms with van der Waals surface area (Å²) in [5.74, 6) is -0.290. The molecule has 2 heterocycles. The van der Waals surface area contributed by atoms with Crippen LogP contribution in [0.2, 0.25) is 0 Å². The van der Waals surface area contributed by atoms with Gasteiger partial charge in [-0.25, -0.2) is 9.07 Å². The molecule has 0 saturated carbocycles. The van der Waals surface area contributed by atoms with Crippen molar-refractivity contribution in [2.45, 2.75) is 26.8 Å². The molecule has 4 rings (SSSR count). The second kappa shape index (κ2) is 6.41. The summed E-state index contributed by atoms with van der Waals surface area (Å²) < 4.78 is 14.9. The molecule has 0 bridgehead atoms. The lowest BCUT2D eigenvalue weighted by molar-refractivity contribution is 0.0733. The van der Waals surface area contributed by atoms with Crippen molar-refractivity contribution in [2.24, 2.45) is 0 Å². The van der Waals surface area contributed by atoms with Crippen molar-refractivity contribution < 1.29 is 9.18 Å². The van der Waals surface area contributed by atoms with Gasteiger partial charge in [0.05, 0.1) is 22.6 Å². The standard InChI is InChI=1S/C21H20FN3O/c1-14-20(15(2)25(23-14)19-9-7-18(22)8-10-19)21(26)24-12-11-16-5-3-4-6-17(16)13-24/h3-10H,11-13H2,1-2H3. The predicted molar refractivity (Wildman–Crippen MR) is 97.9 cm³/mol. The highest BCUT2D eigenvalue weighted by molar-refractivity contribution is 5.96. The van der Waals surface area contributed by atoms with Crippen LogP contribution >= 0.6 is 0 Å². The number of amides is 1. The van der Waals surface area contributed by atoms with Crippen LogP contribution in [0.4, 0.5) is 4.39 Å². The molecule has 1 aromatic heterocycles. The molecule has 0 radical (unpaired) electrons. The van der Waals surface area contributed by atoms with E-state index >= 15 is 0 Å². The molecule has 1 aliphatic heterocycles. The van der Waals surface area contributed by atoms with E-state index in [1.807, 2.05) is 30.9 Å². The van der Waals surface area contributed by atoms with Crippen molar-refractivity contribution in [3.05, 3.63) is 82.4 Å². The van der Waals surface area contributed by atoms with E-state index in [9.17, 15) is 9.18 Å². The second-order valence-electron chi connectivity index (χ2n) is 6.68. The van der Waals surface area contributed by atoms with Gasteiger partial charge in [0.1, 0.15) is 5.82 Å². The minimum Gasteiger partial charge on any atom is -0.334 e. The summed E-state index contributed by atoms with van der Waals surface area (Å²) >= 11 is 0. The highest BCUT2D eigenvalue weighted by Crippen LogP contribution is 2.24. The minimum atomic E-state index is -0.293. The summed E-state index contributed by atoms with van der Waals surface area (Å²) in [5.41, 5.74) is 5.36. The normalized spacial score (nSPS) is 13.6. The van der Waals surface area contributed by atoms with E-state index < -0.39 is 0 Å². The van der Waals surface area contributed by atoms with Crippen molar-refractivity contribution in [1.82, 2.24) is 14.7 Å². The van der Waals surface area contributed by atoms with Crippen molar-refractivity contribution >= 4 is 5.91 Å². The van der Waals surface area contributed by atoms with Gasteiger partial charge in [-0.3, -0.25) is 4.79 Å². The topological polar surface area (TPSA) is 38.1 Å². The average Bonchev–Trinajstić information content (AvgIpc) is 2.95. The van der Waals surface area contributed by atoms with Crippen LogP contribution < -0.4 is 0 Å². The number of aryl methyl sites for hydroxylation is 1. The molecule has 1 aliphatic rings. The Balaban J connectivity index is 1.66. The Labute approximate surface area is 151 Å². The Kier molecular flexibility index (Phi) is 4.07. The molecule has 0 fully saturated rings. The zero-order valence-electron chi connectivity index (χ0n) is 14.9. The molecular formula is C21H20FN3O. The third-order valence-electron chi connectivity index (χ3n) is 4.99. The van der Waals surface area contributed by atoms with Crippen molar-refractivity contribution in [3.8, 4) is 5.69 Å². The SMILES string of the molecule is Cc1nn(-c2ccc(F)cc2)c(C)c1C(=O)N1CCc2ccccc2C1. The van der Waals surface area contributed by atoms with Gasteiger partial charge in [-0.05, 0) is 55.7 Å². The van der Waals surface area contributed by atoms with E-state index in [2.05, 4.69) is 17.2 Å². The van der Waals surface area contributed by atoms with Gasteiger partial charge in [0, 0.05) is 13.1 Å². The van der Waals surface area contributed by atoms with E-state index in [-0.39, 0.29) is 11.7 Å². The number of carbonyl (C=O) groups excluding carboxylic acids is 1. The van der Waals surface area contributed by atoms with E-state index in [0.717, 1.165) is 17.8 Å². The highest BCUT2D eigenvalue weighted by atomic mass is 19.1. The molecule has 5 heteroatoms. The fourth-order valence-corrected chi connectivity index (χ4v) is 3.61. The lowest BCUT2D eigenvalue weighted by Crippen LogP contribution is -2.36. The molecule has 4 nitrogen and oxygen atoms in total. The van der Waals surface area contributed by atoms with E-state index in [1.165, 1.54) is 23.3 Å². The zero-order valence-corrected chi connectivity index (χ0v) is 14.9. The number of hydrogen-bond acceptors (Lipinski definition) is 2. The van der Waals surface area contributed by atoms with Gasteiger partial charge in [-0.1, -0.05) is 24.3 Å². The fourth-order valence-electron chi connectivity index (χ4n) is 3.61. The van der Waals surface area contributed by atoms with Crippen molar-refractivity contribution in [1.29, 1.82) is 0 Å². The summed E-state index contributed by atoms with van der Waals surface area (Å²) in [6.07, 6.45) is 0.867. The van der Waals surface area contributed by atoms with Crippen LogP contribution in [0.1, 0.15) is 32.9 Å². The van der Waals surface area contributed by atoms with Crippen LogP contribution in [0.3, 0.4) is 0 Å². The van der Waals surface area contributed by atoms with Crippen molar-refractivity contribution in [3.63, 3.8) is 0 Å². The first-order chi connectivity index (χ1) is 12.5. The number of rotatable bonds is 2. The van der Waals surface area contributed by atoms with E-state index in [4.69, 9.17) is 0 Å². The van der Waals surface area contributed by atoms with Gasteiger partial charge in [-0.15, -0.1) is 0 Å². The molecule has 2 aromatic carbocycles. The second-order valence-corrected chi connectivity index (χ2v) is 6.68. The quantitative estimate of drug-likeness (QED) is 0.705. The number of fused-ring (bicyclic) bond motifs is 1. The summed E-state index contributed by atoms with van der Waals surface area (Å²) in [7, 11) is 0. The van der Waals surface area contributed by atoms with Gasteiger partial charge in [0.25, 0.3) is 5.91 Å². The first-order valence-electron chi connectivity index (χ1n) is 8.73. The lowest BCUT2D eigenvalue weighted by atomic mass is 9.99. The largest absolute Gasteiger partial charge is 0.334 e. The zero-order chi connectivity index (χ0) is 18.3. The molecule has 0 unspecified atom stereocenters. The maximum absolute atomic E-state index is 13.2. The van der Waals surface area contributed by atoms with Crippen LogP contribution in [-0.4, -0.2) is 27.1 Å². The lowest BCUT2D eigenvalue weighted by Gasteiger charge is -2.29. The van der Waals surface area contributed by atoms with E-state index in [1.54, 1.807) is 16.8 Å². The number of halogens is 1. The molecule has 3 aromatic rings. The summed E-state index contributed by atoms with van der Waals surface area (Å²) in [4.78, 5) is 15.0. The molecule has 0 aliphatic carbocycles. The molecule has 0 N–H and O–H groups in total. The molecule has 132 valence electrons. The number of carbonyl (C=O) groups is 1. The fraction of sp³-hybridized carbons (Fsp3) is 0.238. The Morgan fingerprint density at radius 3 is 2.46 bits per heavy atom. The molecule has 0 atom stereocenters. The third kappa shape index (κ3) is 2.79. The van der Waals surface area contributed by atoms with Gasteiger partial charge in [0.2, 0.25) is 0 Å². The minimum absolute atomic E-state index is 0.00265. The Bertz CT molecular complexity index is 975. The average molecular weight is 349 g/mol. The number of aromatic nitrogens is 2. The first-order valence-corrected chi connectivity index (χ1v) is 8.73. The highest BCUT2D eigenvalue weighted by Gasteiger charge is 2.26. The third-order valence-corrected chi connectivity index (χ3v) is 4.99. The van der Waals surface area contributed by atoms with E-state index in [0.29, 0.717) is 24.3 Å². The summed E-state index contributed by atoms with van der Waals surface area (Å²) in [6.45, 7) is 5.05. The van der Waals surface area contributed by atoms with Gasteiger partial charge < -0.3 is 4.90 Å². The predicted octanol–water partition coefficient (Wildman–Crippen LogP) is 3.83. The monoisotopic (exact) mass is 349 g/mol. The maximum Gasteiger partial charge on any atom is 0.257 e. The van der Waals surface area contributed by atoms with Crippen LogP contribution in [-0.2, 0) is 13.0 Å². The Hall–Kier alpha value is -2.95. The number of benzene rings is 2. The van der Waals surface area contributed by atoms with Gasteiger partial charge in [0.15, 0.2) is 0 Å². The Morgan fingerprint density at radius 1 is 1.04 bits per heavy atom. The Morgan fingerprint density at radius 2 is 1.73 bits per heavy atom. The molecule has 1 amide bonds.